The van der Waals surface area contributed by atoms with E-state index in [4.69, 9.17) is 0 Å². The number of amides is 3. The predicted octanol–water partition coefficient (Wildman–Crippen LogP) is 3.78. The minimum Gasteiger partial charge on any atom is -0.348 e. The number of halogens is 2. The standard InChI is InChI=1S/C31H30F2N4O3/c32-21-7-4-6-20(16-21)29(19-12-13-19)35-30(39)28-23-10-5-11-24(33)27(23)31(40)37(22-8-2-1-3-9-22)25(28)18-36-15-14-34-17-26(36)38/h1-11,16,19,25,28-29,34H,12-15,17-18H2,(H,35,39)/t25-,28?,29?/m1/s1. The summed E-state index contributed by atoms with van der Waals surface area (Å²) in [6.07, 6.45) is 1.79. The second-order valence-corrected chi connectivity index (χ2v) is 10.7. The van der Waals surface area contributed by atoms with Crippen molar-refractivity contribution in [3.05, 3.63) is 101 Å². The molecule has 0 bridgehead atoms. The van der Waals surface area contributed by atoms with Gasteiger partial charge in [0.2, 0.25) is 11.8 Å². The van der Waals surface area contributed by atoms with Crippen LogP contribution in [0.2, 0.25) is 0 Å². The average Bonchev–Trinajstić information content (AvgIpc) is 3.79. The predicted molar refractivity (Wildman–Crippen MR) is 146 cm³/mol. The zero-order valence-corrected chi connectivity index (χ0v) is 21.9. The highest BCUT2D eigenvalue weighted by atomic mass is 19.1. The minimum atomic E-state index is -0.971. The third-order valence-corrected chi connectivity index (χ3v) is 8.04. The molecule has 0 spiro atoms. The van der Waals surface area contributed by atoms with E-state index in [-0.39, 0.29) is 36.0 Å². The van der Waals surface area contributed by atoms with Crippen LogP contribution in [0.25, 0.3) is 0 Å². The number of carbonyl (C=O) groups is 3. The first-order chi connectivity index (χ1) is 19.4. The quantitative estimate of drug-likeness (QED) is 0.475. The van der Waals surface area contributed by atoms with Crippen molar-refractivity contribution < 1.29 is 23.2 Å². The molecule has 206 valence electrons. The topological polar surface area (TPSA) is 81.8 Å². The zero-order chi connectivity index (χ0) is 27.8. The summed E-state index contributed by atoms with van der Waals surface area (Å²) >= 11 is 0. The molecule has 7 nitrogen and oxygen atoms in total. The van der Waals surface area contributed by atoms with E-state index in [1.807, 2.05) is 6.07 Å². The molecule has 1 aliphatic carbocycles. The first-order valence-corrected chi connectivity index (χ1v) is 13.6. The Morgan fingerprint density at radius 3 is 2.50 bits per heavy atom. The number of piperazine rings is 1. The lowest BCUT2D eigenvalue weighted by molar-refractivity contribution is -0.133. The van der Waals surface area contributed by atoms with Crippen molar-refractivity contribution in [1.29, 1.82) is 0 Å². The fourth-order valence-corrected chi connectivity index (χ4v) is 5.96. The SMILES string of the molecule is O=C(NC(c1cccc(F)c1)C1CC1)C1c2cccc(F)c2C(=O)N(c2ccccc2)[C@@H]1CN1CCNCC1=O. The fourth-order valence-electron chi connectivity index (χ4n) is 5.96. The molecule has 2 fully saturated rings. The summed E-state index contributed by atoms with van der Waals surface area (Å²) in [5.41, 5.74) is 1.31. The summed E-state index contributed by atoms with van der Waals surface area (Å²) in [6, 6.07) is 18.1. The maximum atomic E-state index is 15.3. The Morgan fingerprint density at radius 1 is 1.00 bits per heavy atom. The van der Waals surface area contributed by atoms with Gasteiger partial charge < -0.3 is 20.4 Å². The number of hydrogen-bond acceptors (Lipinski definition) is 4. The van der Waals surface area contributed by atoms with Crippen LogP contribution in [-0.2, 0) is 9.59 Å². The summed E-state index contributed by atoms with van der Waals surface area (Å²) in [5.74, 6) is -3.00. The number of benzene rings is 3. The van der Waals surface area contributed by atoms with Crippen LogP contribution in [0.4, 0.5) is 14.5 Å². The van der Waals surface area contributed by atoms with Gasteiger partial charge in [-0.25, -0.2) is 8.78 Å². The van der Waals surface area contributed by atoms with E-state index < -0.39 is 41.5 Å². The van der Waals surface area contributed by atoms with Gasteiger partial charge in [0, 0.05) is 25.3 Å². The van der Waals surface area contributed by atoms with E-state index in [0.29, 0.717) is 24.3 Å². The number of fused-ring (bicyclic) bond motifs is 1. The van der Waals surface area contributed by atoms with Crippen molar-refractivity contribution in [2.24, 2.45) is 5.92 Å². The molecule has 2 N–H and O–H groups in total. The number of hydrogen-bond donors (Lipinski definition) is 2. The van der Waals surface area contributed by atoms with Gasteiger partial charge in [-0.1, -0.05) is 42.5 Å². The highest BCUT2D eigenvalue weighted by Crippen LogP contribution is 2.43. The van der Waals surface area contributed by atoms with Crippen LogP contribution >= 0.6 is 0 Å². The number of nitrogens with one attached hydrogen (secondary N) is 2. The van der Waals surface area contributed by atoms with E-state index in [0.717, 1.165) is 12.8 Å². The normalized spacial score (nSPS) is 21.6. The molecular weight excluding hydrogens is 514 g/mol. The Bertz CT molecular complexity index is 1450. The summed E-state index contributed by atoms with van der Waals surface area (Å²) in [6.45, 7) is 1.27. The first-order valence-electron chi connectivity index (χ1n) is 13.6. The summed E-state index contributed by atoms with van der Waals surface area (Å²) in [5, 5.41) is 6.18. The molecule has 0 radical (unpaired) electrons. The third-order valence-electron chi connectivity index (χ3n) is 8.04. The van der Waals surface area contributed by atoms with Gasteiger partial charge >= 0.3 is 0 Å². The van der Waals surface area contributed by atoms with Crippen LogP contribution in [-0.4, -0.2) is 54.8 Å². The van der Waals surface area contributed by atoms with Gasteiger partial charge in [0.25, 0.3) is 5.91 Å². The van der Waals surface area contributed by atoms with E-state index in [9.17, 15) is 18.8 Å². The Balaban J connectivity index is 1.45. The lowest BCUT2D eigenvalue weighted by Crippen LogP contribution is -2.60. The maximum Gasteiger partial charge on any atom is 0.261 e. The van der Waals surface area contributed by atoms with E-state index in [2.05, 4.69) is 10.6 Å². The van der Waals surface area contributed by atoms with Gasteiger partial charge in [-0.15, -0.1) is 0 Å². The van der Waals surface area contributed by atoms with Crippen molar-refractivity contribution >= 4 is 23.4 Å². The van der Waals surface area contributed by atoms with E-state index in [1.165, 1.54) is 29.2 Å². The first kappa shape index (κ1) is 26.1. The molecule has 2 aliphatic heterocycles. The van der Waals surface area contributed by atoms with Gasteiger partial charge in [0.15, 0.2) is 0 Å². The van der Waals surface area contributed by atoms with Gasteiger partial charge in [-0.05, 0) is 60.2 Å². The summed E-state index contributed by atoms with van der Waals surface area (Å²) in [4.78, 5) is 44.2. The van der Waals surface area contributed by atoms with Crippen LogP contribution in [0.3, 0.4) is 0 Å². The minimum absolute atomic E-state index is 0.100. The highest BCUT2D eigenvalue weighted by molar-refractivity contribution is 6.11. The molecule has 6 rings (SSSR count). The smallest absolute Gasteiger partial charge is 0.261 e. The number of anilines is 1. The van der Waals surface area contributed by atoms with E-state index in [1.54, 1.807) is 47.4 Å². The third kappa shape index (κ3) is 4.97. The maximum absolute atomic E-state index is 15.3. The van der Waals surface area contributed by atoms with Crippen molar-refractivity contribution in [2.45, 2.75) is 30.8 Å². The number of para-hydroxylation sites is 1. The van der Waals surface area contributed by atoms with Crippen molar-refractivity contribution in [2.75, 3.05) is 31.1 Å². The molecule has 3 aromatic carbocycles. The van der Waals surface area contributed by atoms with Crippen LogP contribution in [0.1, 0.15) is 46.3 Å². The Hall–Kier alpha value is -4.11. The zero-order valence-electron chi connectivity index (χ0n) is 21.9. The number of rotatable bonds is 7. The van der Waals surface area contributed by atoms with Gasteiger partial charge in [0.1, 0.15) is 11.6 Å². The van der Waals surface area contributed by atoms with Crippen LogP contribution in [0, 0.1) is 17.6 Å². The fraction of sp³-hybridized carbons (Fsp3) is 0.323. The second-order valence-electron chi connectivity index (χ2n) is 10.7. The molecule has 2 heterocycles. The van der Waals surface area contributed by atoms with Gasteiger partial charge in [0.05, 0.1) is 30.1 Å². The molecule has 2 unspecified atom stereocenters. The second kappa shape index (κ2) is 10.8. The largest absolute Gasteiger partial charge is 0.348 e. The molecule has 40 heavy (non-hydrogen) atoms. The van der Waals surface area contributed by atoms with Crippen LogP contribution < -0.4 is 15.5 Å². The van der Waals surface area contributed by atoms with Crippen molar-refractivity contribution in [3.63, 3.8) is 0 Å². The number of nitrogens with zero attached hydrogens (tertiary/aromatic N) is 2. The summed E-state index contributed by atoms with van der Waals surface area (Å²) in [7, 11) is 0. The molecule has 0 aromatic heterocycles. The molecule has 3 aliphatic rings. The summed E-state index contributed by atoms with van der Waals surface area (Å²) < 4.78 is 29.5. The Morgan fingerprint density at radius 2 is 1.77 bits per heavy atom. The number of carbonyl (C=O) groups excluding carboxylic acids is 3. The molecule has 3 amide bonds. The lowest BCUT2D eigenvalue weighted by Gasteiger charge is -2.44. The van der Waals surface area contributed by atoms with Crippen molar-refractivity contribution in [3.8, 4) is 0 Å². The molecule has 1 saturated heterocycles. The van der Waals surface area contributed by atoms with Gasteiger partial charge in [-0.2, -0.15) is 0 Å². The van der Waals surface area contributed by atoms with Crippen LogP contribution in [0.15, 0.2) is 72.8 Å². The average molecular weight is 545 g/mol. The van der Waals surface area contributed by atoms with Crippen molar-refractivity contribution in [1.82, 2.24) is 15.5 Å². The lowest BCUT2D eigenvalue weighted by atomic mass is 9.80. The molecular formula is C31H30F2N4O3. The molecule has 3 aromatic rings. The Kier molecular flexibility index (Phi) is 7.06. The van der Waals surface area contributed by atoms with Gasteiger partial charge in [-0.3, -0.25) is 14.4 Å². The van der Waals surface area contributed by atoms with Crippen LogP contribution in [0.5, 0.6) is 0 Å². The van der Waals surface area contributed by atoms with E-state index >= 15 is 4.39 Å². The molecule has 3 atom stereocenters. The molecule has 1 saturated carbocycles. The Labute approximate surface area is 231 Å². The highest BCUT2D eigenvalue weighted by Gasteiger charge is 2.47. The molecule has 9 heteroatoms. The monoisotopic (exact) mass is 544 g/mol.